The Morgan fingerprint density at radius 2 is 1.73 bits per heavy atom. The first-order valence-corrected chi connectivity index (χ1v) is 9.16. The summed E-state index contributed by atoms with van der Waals surface area (Å²) in [7, 11) is -3.73. The Morgan fingerprint density at radius 1 is 1.14 bits per heavy atom. The van der Waals surface area contributed by atoms with Gasteiger partial charge in [-0.2, -0.15) is 0 Å². The normalized spacial score (nSPS) is 17.7. The second-order valence-corrected chi connectivity index (χ2v) is 7.55. The monoisotopic (exact) mass is 326 g/mol. The van der Waals surface area contributed by atoms with Gasteiger partial charge in [0.1, 0.15) is 0 Å². The van der Waals surface area contributed by atoms with Crippen LogP contribution in [-0.4, -0.2) is 19.4 Å². The molecule has 1 fully saturated rings. The molecule has 2 rings (SSSR count). The Hall–Kier alpha value is -1.47. The van der Waals surface area contributed by atoms with E-state index in [2.05, 4.69) is 4.72 Å². The molecular weight excluding hydrogens is 304 g/mol. The standard InChI is InChI=1S/C15H22N2O4S/c1-12-9-10-14(17(18)19)11-15(12)22(20,21)16-13-7-5-3-2-4-6-8-13/h9-11,13,16H,2-8H2,1H3. The number of nitrogens with one attached hydrogen (secondary N) is 1. The van der Waals surface area contributed by atoms with Gasteiger partial charge in [0.15, 0.2) is 0 Å². The number of benzene rings is 1. The maximum Gasteiger partial charge on any atom is 0.270 e. The van der Waals surface area contributed by atoms with Crippen LogP contribution in [0.25, 0.3) is 0 Å². The van der Waals surface area contributed by atoms with Gasteiger partial charge in [-0.3, -0.25) is 10.1 Å². The van der Waals surface area contributed by atoms with Crippen molar-refractivity contribution < 1.29 is 13.3 Å². The lowest BCUT2D eigenvalue weighted by Gasteiger charge is -2.21. The average molecular weight is 326 g/mol. The van der Waals surface area contributed by atoms with Crippen molar-refractivity contribution in [3.63, 3.8) is 0 Å². The van der Waals surface area contributed by atoms with Crippen LogP contribution in [0.5, 0.6) is 0 Å². The predicted octanol–water partition coefficient (Wildman–Crippen LogP) is 3.29. The summed E-state index contributed by atoms with van der Waals surface area (Å²) < 4.78 is 27.9. The van der Waals surface area contributed by atoms with Crippen molar-refractivity contribution in [2.45, 2.75) is 62.8 Å². The molecule has 1 N–H and O–H groups in total. The van der Waals surface area contributed by atoms with Crippen LogP contribution in [-0.2, 0) is 10.0 Å². The van der Waals surface area contributed by atoms with Gasteiger partial charge in [0.25, 0.3) is 5.69 Å². The third kappa shape index (κ3) is 4.27. The summed E-state index contributed by atoms with van der Waals surface area (Å²) in [6.45, 7) is 1.65. The number of nitro benzene ring substituents is 1. The third-order valence-electron chi connectivity index (χ3n) is 4.10. The van der Waals surface area contributed by atoms with Crippen molar-refractivity contribution in [2.24, 2.45) is 0 Å². The van der Waals surface area contributed by atoms with E-state index in [1.165, 1.54) is 18.6 Å². The van der Waals surface area contributed by atoms with Gasteiger partial charge in [0.2, 0.25) is 10.0 Å². The molecule has 0 atom stereocenters. The number of hydrogen-bond donors (Lipinski definition) is 1. The molecule has 0 aromatic heterocycles. The van der Waals surface area contributed by atoms with Crippen LogP contribution >= 0.6 is 0 Å². The van der Waals surface area contributed by atoms with E-state index in [1.807, 2.05) is 0 Å². The van der Waals surface area contributed by atoms with Crippen molar-refractivity contribution in [1.29, 1.82) is 0 Å². The second-order valence-electron chi connectivity index (χ2n) is 5.87. The molecule has 0 amide bonds. The van der Waals surface area contributed by atoms with Crippen LogP contribution in [0.1, 0.15) is 50.5 Å². The Morgan fingerprint density at radius 3 is 2.32 bits per heavy atom. The minimum Gasteiger partial charge on any atom is -0.258 e. The second kappa shape index (κ2) is 7.19. The van der Waals surface area contributed by atoms with E-state index in [-0.39, 0.29) is 16.6 Å². The molecule has 0 heterocycles. The number of sulfonamides is 1. The SMILES string of the molecule is Cc1ccc([N+](=O)[O-])cc1S(=O)(=O)NC1CCCCCCC1. The summed E-state index contributed by atoms with van der Waals surface area (Å²) in [4.78, 5) is 10.3. The van der Waals surface area contributed by atoms with E-state index in [0.717, 1.165) is 44.6 Å². The van der Waals surface area contributed by atoms with Crippen molar-refractivity contribution in [3.05, 3.63) is 33.9 Å². The first kappa shape index (κ1) is 16.9. The number of rotatable bonds is 4. The molecule has 1 aliphatic rings. The minimum atomic E-state index is -3.73. The van der Waals surface area contributed by atoms with E-state index in [4.69, 9.17) is 0 Å². The molecule has 1 aromatic carbocycles. The Labute approximate surface area is 131 Å². The van der Waals surface area contributed by atoms with Crippen LogP contribution in [0.2, 0.25) is 0 Å². The molecule has 0 saturated heterocycles. The number of non-ortho nitro benzene ring substituents is 1. The van der Waals surface area contributed by atoms with Gasteiger partial charge in [-0.1, -0.05) is 38.2 Å². The summed E-state index contributed by atoms with van der Waals surface area (Å²) in [5.41, 5.74) is 0.313. The molecule has 0 radical (unpaired) electrons. The Bertz CT molecular complexity index is 635. The van der Waals surface area contributed by atoms with Crippen molar-refractivity contribution in [1.82, 2.24) is 4.72 Å². The molecule has 1 aliphatic carbocycles. The Balaban J connectivity index is 2.22. The van der Waals surface area contributed by atoms with E-state index < -0.39 is 14.9 Å². The number of aryl methyl sites for hydroxylation is 1. The van der Waals surface area contributed by atoms with Crippen molar-refractivity contribution >= 4 is 15.7 Å². The summed E-state index contributed by atoms with van der Waals surface area (Å²) in [6, 6.07) is 3.86. The quantitative estimate of drug-likeness (QED) is 0.679. The highest BCUT2D eigenvalue weighted by molar-refractivity contribution is 7.89. The largest absolute Gasteiger partial charge is 0.270 e. The highest BCUT2D eigenvalue weighted by atomic mass is 32.2. The van der Waals surface area contributed by atoms with E-state index >= 15 is 0 Å². The van der Waals surface area contributed by atoms with E-state index in [0.29, 0.717) is 5.56 Å². The molecule has 1 aromatic rings. The predicted molar refractivity (Wildman–Crippen MR) is 84.3 cm³/mol. The lowest BCUT2D eigenvalue weighted by molar-refractivity contribution is -0.385. The van der Waals surface area contributed by atoms with Gasteiger partial charge in [0.05, 0.1) is 9.82 Å². The van der Waals surface area contributed by atoms with Crippen LogP contribution in [0, 0.1) is 17.0 Å². The highest BCUT2D eigenvalue weighted by Crippen LogP contribution is 2.24. The lowest BCUT2D eigenvalue weighted by atomic mass is 9.97. The van der Waals surface area contributed by atoms with Gasteiger partial charge >= 0.3 is 0 Å². The number of nitro groups is 1. The molecule has 6 nitrogen and oxygen atoms in total. The molecule has 0 spiro atoms. The molecule has 7 heteroatoms. The maximum atomic E-state index is 12.6. The van der Waals surface area contributed by atoms with Crippen LogP contribution in [0.4, 0.5) is 5.69 Å². The zero-order valence-electron chi connectivity index (χ0n) is 12.7. The van der Waals surface area contributed by atoms with Gasteiger partial charge in [0, 0.05) is 18.2 Å². The smallest absolute Gasteiger partial charge is 0.258 e. The minimum absolute atomic E-state index is 0.00348. The Kier molecular flexibility index (Phi) is 5.52. The summed E-state index contributed by atoms with van der Waals surface area (Å²) in [5.74, 6) is 0. The van der Waals surface area contributed by atoms with Gasteiger partial charge in [-0.15, -0.1) is 0 Å². The first-order chi connectivity index (χ1) is 10.4. The van der Waals surface area contributed by atoms with E-state index in [1.54, 1.807) is 6.92 Å². The van der Waals surface area contributed by atoms with E-state index in [9.17, 15) is 18.5 Å². The van der Waals surface area contributed by atoms with Crippen LogP contribution in [0.15, 0.2) is 23.1 Å². The zero-order chi connectivity index (χ0) is 16.2. The molecule has 122 valence electrons. The third-order valence-corrected chi connectivity index (χ3v) is 5.76. The number of nitrogens with zero attached hydrogens (tertiary/aromatic N) is 1. The molecule has 0 bridgehead atoms. The fraction of sp³-hybridized carbons (Fsp3) is 0.600. The average Bonchev–Trinajstić information content (AvgIpc) is 2.41. The summed E-state index contributed by atoms with van der Waals surface area (Å²) in [5, 5.41) is 10.9. The molecular formula is C15H22N2O4S. The van der Waals surface area contributed by atoms with Crippen molar-refractivity contribution in [3.8, 4) is 0 Å². The lowest BCUT2D eigenvalue weighted by Crippen LogP contribution is -2.35. The van der Waals surface area contributed by atoms with Crippen LogP contribution < -0.4 is 4.72 Å². The molecule has 22 heavy (non-hydrogen) atoms. The fourth-order valence-electron chi connectivity index (χ4n) is 2.85. The van der Waals surface area contributed by atoms with Crippen molar-refractivity contribution in [2.75, 3.05) is 0 Å². The first-order valence-electron chi connectivity index (χ1n) is 7.67. The zero-order valence-corrected chi connectivity index (χ0v) is 13.6. The summed E-state index contributed by atoms with van der Waals surface area (Å²) >= 11 is 0. The summed E-state index contributed by atoms with van der Waals surface area (Å²) in [6.07, 6.45) is 7.16. The number of hydrogen-bond acceptors (Lipinski definition) is 4. The topological polar surface area (TPSA) is 89.3 Å². The van der Waals surface area contributed by atoms with Gasteiger partial charge in [-0.05, 0) is 25.3 Å². The molecule has 1 saturated carbocycles. The van der Waals surface area contributed by atoms with Gasteiger partial charge in [-0.25, -0.2) is 13.1 Å². The molecule has 0 unspecified atom stereocenters. The maximum absolute atomic E-state index is 12.6. The molecule has 0 aliphatic heterocycles. The fourth-order valence-corrected chi connectivity index (χ4v) is 4.42. The van der Waals surface area contributed by atoms with Gasteiger partial charge < -0.3 is 0 Å². The van der Waals surface area contributed by atoms with Crippen LogP contribution in [0.3, 0.4) is 0 Å². The highest BCUT2D eigenvalue weighted by Gasteiger charge is 2.24.